The Hall–Kier alpha value is -0.860. The summed E-state index contributed by atoms with van der Waals surface area (Å²) in [4.78, 5) is 0. The molecular weight excluding hydrogens is 223 g/mol. The highest BCUT2D eigenvalue weighted by Gasteiger charge is 2.20. The van der Waals surface area contributed by atoms with Crippen molar-refractivity contribution >= 4 is 29.0 Å². The van der Waals surface area contributed by atoms with Gasteiger partial charge in [0, 0.05) is 6.92 Å². The number of hydrogen-bond donors (Lipinski definition) is 0. The van der Waals surface area contributed by atoms with E-state index in [1.165, 1.54) is 6.26 Å². The first-order valence-corrected chi connectivity index (χ1v) is 4.91. The van der Waals surface area contributed by atoms with Crippen LogP contribution in [-0.2, 0) is 9.47 Å². The molecule has 1 heterocycles. The fraction of sp³-hybridized carbons (Fsp3) is 0.200. The van der Waals surface area contributed by atoms with E-state index < -0.39 is 0 Å². The Bertz CT molecular complexity index is 367. The molecule has 0 spiro atoms. The molecule has 0 bridgehead atoms. The molecule has 2 rings (SSSR count). The molecule has 1 aromatic carbocycles. The minimum atomic E-state index is -0.280. The van der Waals surface area contributed by atoms with Gasteiger partial charge in [-0.2, -0.15) is 0 Å². The summed E-state index contributed by atoms with van der Waals surface area (Å²) in [5, 5.41) is 1.11. The largest absolute Gasteiger partial charge is 0.459 e. The summed E-state index contributed by atoms with van der Waals surface area (Å²) in [6, 6.07) is 5.31. The number of rotatable bonds is 1. The second kappa shape index (κ2) is 3.71. The van der Waals surface area contributed by atoms with Crippen LogP contribution in [0.1, 0.15) is 12.5 Å². The van der Waals surface area contributed by atoms with Crippen LogP contribution in [0.4, 0.5) is 0 Å². The number of benzene rings is 1. The molecule has 74 valence electrons. The van der Waals surface area contributed by atoms with Gasteiger partial charge in [-0.25, -0.2) is 0 Å². The third kappa shape index (κ3) is 1.68. The van der Waals surface area contributed by atoms with Gasteiger partial charge in [-0.15, -0.1) is 0 Å². The van der Waals surface area contributed by atoms with Gasteiger partial charge in [0.1, 0.15) is 6.26 Å². The average Bonchev–Trinajstić information content (AvgIpc) is 2.51. The van der Waals surface area contributed by atoms with Gasteiger partial charge in [0.15, 0.2) is 5.76 Å². The van der Waals surface area contributed by atoms with Gasteiger partial charge in [-0.1, -0.05) is 29.3 Å². The third-order valence-corrected chi connectivity index (χ3v) is 2.50. The zero-order valence-electron chi connectivity index (χ0n) is 7.46. The van der Waals surface area contributed by atoms with Crippen molar-refractivity contribution in [3.05, 3.63) is 40.1 Å². The summed E-state index contributed by atoms with van der Waals surface area (Å²) in [5.41, 5.74) is 0.681. The van der Waals surface area contributed by atoms with E-state index in [1.54, 1.807) is 25.1 Å². The zero-order chi connectivity index (χ0) is 10.1. The minimum absolute atomic E-state index is 0.280. The normalized spacial score (nSPS) is 19.9. The Morgan fingerprint density at radius 3 is 2.36 bits per heavy atom. The van der Waals surface area contributed by atoms with Gasteiger partial charge in [0.05, 0.1) is 15.6 Å². The molecule has 0 saturated carbocycles. The Kier molecular flexibility index (Phi) is 2.57. The van der Waals surface area contributed by atoms with Crippen LogP contribution in [0.3, 0.4) is 0 Å². The van der Waals surface area contributed by atoms with E-state index in [1.807, 2.05) is 0 Å². The summed E-state index contributed by atoms with van der Waals surface area (Å²) in [6.07, 6.45) is 1.25. The lowest BCUT2D eigenvalue weighted by Crippen LogP contribution is -2.00. The first kappa shape index (κ1) is 9.69. The van der Waals surface area contributed by atoms with E-state index in [4.69, 9.17) is 32.7 Å². The SMILES string of the molecule is CC1OC=C(c2c(Cl)cccc2Cl)O1. The van der Waals surface area contributed by atoms with Crippen LogP contribution in [0.15, 0.2) is 24.5 Å². The summed E-state index contributed by atoms with van der Waals surface area (Å²) >= 11 is 12.0. The molecule has 0 amide bonds. The molecule has 0 N–H and O–H groups in total. The van der Waals surface area contributed by atoms with Crippen molar-refractivity contribution < 1.29 is 9.47 Å². The predicted molar refractivity (Wildman–Crippen MR) is 56.1 cm³/mol. The molecule has 14 heavy (non-hydrogen) atoms. The van der Waals surface area contributed by atoms with E-state index in [0.717, 1.165) is 0 Å². The highest BCUT2D eigenvalue weighted by atomic mass is 35.5. The number of ether oxygens (including phenoxy) is 2. The van der Waals surface area contributed by atoms with Crippen molar-refractivity contribution in [2.24, 2.45) is 0 Å². The van der Waals surface area contributed by atoms with Crippen molar-refractivity contribution in [1.29, 1.82) is 0 Å². The standard InChI is InChI=1S/C10H8Cl2O2/c1-6-13-5-9(14-6)10-7(11)3-2-4-8(10)12/h2-6H,1H3. The van der Waals surface area contributed by atoms with Crippen LogP contribution < -0.4 is 0 Å². The first-order chi connectivity index (χ1) is 6.68. The molecule has 4 heteroatoms. The highest BCUT2D eigenvalue weighted by Crippen LogP contribution is 2.34. The van der Waals surface area contributed by atoms with Crippen molar-refractivity contribution in [3.63, 3.8) is 0 Å². The van der Waals surface area contributed by atoms with Crippen molar-refractivity contribution in [1.82, 2.24) is 0 Å². The monoisotopic (exact) mass is 230 g/mol. The van der Waals surface area contributed by atoms with Crippen LogP contribution in [0.25, 0.3) is 5.76 Å². The molecule has 0 radical (unpaired) electrons. The number of hydrogen-bond acceptors (Lipinski definition) is 2. The summed E-state index contributed by atoms with van der Waals surface area (Å²) in [7, 11) is 0. The van der Waals surface area contributed by atoms with Crippen LogP contribution in [0.2, 0.25) is 10.0 Å². The summed E-state index contributed by atoms with van der Waals surface area (Å²) < 4.78 is 10.5. The lowest BCUT2D eigenvalue weighted by Gasteiger charge is -2.08. The van der Waals surface area contributed by atoms with Crippen LogP contribution >= 0.6 is 23.2 Å². The van der Waals surface area contributed by atoms with Crippen molar-refractivity contribution in [3.8, 4) is 0 Å². The first-order valence-electron chi connectivity index (χ1n) is 4.15. The molecule has 1 aromatic rings. The van der Waals surface area contributed by atoms with E-state index in [-0.39, 0.29) is 6.29 Å². The second-order valence-electron chi connectivity index (χ2n) is 2.90. The van der Waals surface area contributed by atoms with Gasteiger partial charge in [-0.05, 0) is 12.1 Å². The van der Waals surface area contributed by atoms with Crippen LogP contribution in [0.5, 0.6) is 0 Å². The topological polar surface area (TPSA) is 18.5 Å². The smallest absolute Gasteiger partial charge is 0.237 e. The van der Waals surface area contributed by atoms with E-state index in [2.05, 4.69) is 0 Å². The van der Waals surface area contributed by atoms with E-state index in [9.17, 15) is 0 Å². The Labute approximate surface area is 92.0 Å². The quantitative estimate of drug-likeness (QED) is 0.733. The van der Waals surface area contributed by atoms with Gasteiger partial charge in [0.2, 0.25) is 6.29 Å². The lowest BCUT2D eigenvalue weighted by molar-refractivity contribution is 0.00195. The Morgan fingerprint density at radius 1 is 1.21 bits per heavy atom. The second-order valence-corrected chi connectivity index (χ2v) is 3.71. The van der Waals surface area contributed by atoms with Crippen molar-refractivity contribution in [2.45, 2.75) is 13.2 Å². The maximum absolute atomic E-state index is 6.00. The summed E-state index contributed by atoms with van der Waals surface area (Å²) in [5.74, 6) is 0.577. The fourth-order valence-corrected chi connectivity index (χ4v) is 1.83. The minimum Gasteiger partial charge on any atom is -0.459 e. The molecule has 0 saturated heterocycles. The number of halogens is 2. The molecule has 1 aliphatic rings. The van der Waals surface area contributed by atoms with Crippen LogP contribution in [0, 0.1) is 0 Å². The molecule has 1 unspecified atom stereocenters. The Balaban J connectivity index is 2.42. The molecule has 0 fully saturated rings. The maximum atomic E-state index is 6.00. The van der Waals surface area contributed by atoms with Gasteiger partial charge in [0.25, 0.3) is 0 Å². The maximum Gasteiger partial charge on any atom is 0.237 e. The van der Waals surface area contributed by atoms with E-state index in [0.29, 0.717) is 21.4 Å². The highest BCUT2D eigenvalue weighted by molar-refractivity contribution is 6.37. The lowest BCUT2D eigenvalue weighted by atomic mass is 10.2. The van der Waals surface area contributed by atoms with Gasteiger partial charge >= 0.3 is 0 Å². The average molecular weight is 231 g/mol. The third-order valence-electron chi connectivity index (χ3n) is 1.87. The Morgan fingerprint density at radius 2 is 1.86 bits per heavy atom. The molecule has 0 aliphatic carbocycles. The molecular formula is C10H8Cl2O2. The van der Waals surface area contributed by atoms with Gasteiger partial charge in [-0.3, -0.25) is 0 Å². The zero-order valence-corrected chi connectivity index (χ0v) is 8.97. The van der Waals surface area contributed by atoms with Gasteiger partial charge < -0.3 is 9.47 Å². The molecule has 1 aliphatic heterocycles. The van der Waals surface area contributed by atoms with Crippen LogP contribution in [-0.4, -0.2) is 6.29 Å². The molecule has 2 nitrogen and oxygen atoms in total. The summed E-state index contributed by atoms with van der Waals surface area (Å²) in [6.45, 7) is 1.80. The molecule has 1 atom stereocenters. The van der Waals surface area contributed by atoms with Crippen molar-refractivity contribution in [2.75, 3.05) is 0 Å². The molecule has 0 aromatic heterocycles. The predicted octanol–water partition coefficient (Wildman–Crippen LogP) is 3.68. The van der Waals surface area contributed by atoms with E-state index >= 15 is 0 Å². The fourth-order valence-electron chi connectivity index (χ4n) is 1.24.